The Morgan fingerprint density at radius 3 is 2.24 bits per heavy atom. The minimum Gasteiger partial charge on any atom is -0.356 e. The van der Waals surface area contributed by atoms with Gasteiger partial charge in [0.2, 0.25) is 0 Å². The topological polar surface area (TPSA) is 26.0 Å². The van der Waals surface area contributed by atoms with E-state index in [-0.39, 0.29) is 11.3 Å². The lowest BCUT2D eigenvalue weighted by atomic mass is 10.0. The molecule has 106 valence electrons. The summed E-state index contributed by atoms with van der Waals surface area (Å²) in [7, 11) is 0. The molecule has 0 aliphatic heterocycles. The smallest absolute Gasteiger partial charge is 0.356 e. The maximum Gasteiger partial charge on any atom is 0.417 e. The van der Waals surface area contributed by atoms with Crippen molar-refractivity contribution in [2.75, 3.05) is 0 Å². The number of rotatable bonds is 2. The SMILES string of the molecule is FC(F)(F)c1ccccc1-c1cc(-c2ccccc2)no1. The van der Waals surface area contributed by atoms with E-state index in [0.717, 1.165) is 11.6 Å². The summed E-state index contributed by atoms with van der Waals surface area (Å²) in [5.41, 5.74) is 0.542. The van der Waals surface area contributed by atoms with Gasteiger partial charge in [0, 0.05) is 17.2 Å². The third-order valence-electron chi connectivity index (χ3n) is 3.08. The number of hydrogen-bond donors (Lipinski definition) is 0. The largest absolute Gasteiger partial charge is 0.417 e. The Labute approximate surface area is 118 Å². The van der Waals surface area contributed by atoms with E-state index >= 15 is 0 Å². The molecule has 0 amide bonds. The zero-order valence-corrected chi connectivity index (χ0v) is 10.8. The van der Waals surface area contributed by atoms with Gasteiger partial charge in [0.05, 0.1) is 5.56 Å². The first-order valence-electron chi connectivity index (χ1n) is 6.24. The van der Waals surface area contributed by atoms with Gasteiger partial charge in [-0.2, -0.15) is 13.2 Å². The number of aromatic nitrogens is 1. The van der Waals surface area contributed by atoms with Crippen LogP contribution >= 0.6 is 0 Å². The molecule has 5 heteroatoms. The summed E-state index contributed by atoms with van der Waals surface area (Å²) in [4.78, 5) is 0. The number of nitrogens with zero attached hydrogens (tertiary/aromatic N) is 1. The van der Waals surface area contributed by atoms with Gasteiger partial charge < -0.3 is 4.52 Å². The lowest BCUT2D eigenvalue weighted by Gasteiger charge is -2.09. The van der Waals surface area contributed by atoms with Crippen molar-refractivity contribution in [2.24, 2.45) is 0 Å². The molecular weight excluding hydrogens is 279 g/mol. The second-order valence-electron chi connectivity index (χ2n) is 4.49. The van der Waals surface area contributed by atoms with E-state index in [1.54, 1.807) is 0 Å². The van der Waals surface area contributed by atoms with Crippen molar-refractivity contribution >= 4 is 0 Å². The van der Waals surface area contributed by atoms with E-state index in [1.165, 1.54) is 24.3 Å². The molecule has 0 bridgehead atoms. The molecule has 1 aromatic heterocycles. The highest BCUT2D eigenvalue weighted by molar-refractivity contribution is 5.69. The fraction of sp³-hybridized carbons (Fsp3) is 0.0625. The van der Waals surface area contributed by atoms with Crippen LogP contribution in [0, 0.1) is 0 Å². The second-order valence-corrected chi connectivity index (χ2v) is 4.49. The predicted molar refractivity (Wildman–Crippen MR) is 72.4 cm³/mol. The Morgan fingerprint density at radius 1 is 0.857 bits per heavy atom. The van der Waals surface area contributed by atoms with Gasteiger partial charge in [-0.1, -0.05) is 53.7 Å². The van der Waals surface area contributed by atoms with E-state index in [1.807, 2.05) is 30.3 Å². The van der Waals surface area contributed by atoms with Crippen LogP contribution in [0.2, 0.25) is 0 Å². The summed E-state index contributed by atoms with van der Waals surface area (Å²) in [6, 6.07) is 15.9. The molecule has 21 heavy (non-hydrogen) atoms. The Bertz CT molecular complexity index is 747. The Morgan fingerprint density at radius 2 is 1.52 bits per heavy atom. The van der Waals surface area contributed by atoms with Crippen molar-refractivity contribution in [3.63, 3.8) is 0 Å². The molecule has 0 saturated heterocycles. The molecule has 0 aliphatic carbocycles. The van der Waals surface area contributed by atoms with Crippen LogP contribution in [0.1, 0.15) is 5.56 Å². The van der Waals surface area contributed by atoms with Crippen molar-refractivity contribution < 1.29 is 17.7 Å². The van der Waals surface area contributed by atoms with Crippen LogP contribution in [0.3, 0.4) is 0 Å². The first kappa shape index (κ1) is 13.4. The fourth-order valence-electron chi connectivity index (χ4n) is 2.09. The summed E-state index contributed by atoms with van der Waals surface area (Å²) < 4.78 is 44.1. The Hall–Kier alpha value is -2.56. The normalized spacial score (nSPS) is 11.6. The Balaban J connectivity index is 2.06. The van der Waals surface area contributed by atoms with Gasteiger partial charge in [-0.25, -0.2) is 0 Å². The maximum atomic E-state index is 13.0. The average Bonchev–Trinajstić information content (AvgIpc) is 2.97. The second kappa shape index (κ2) is 5.09. The van der Waals surface area contributed by atoms with Gasteiger partial charge in [0.25, 0.3) is 0 Å². The summed E-state index contributed by atoms with van der Waals surface area (Å²) in [6.45, 7) is 0. The van der Waals surface area contributed by atoms with Crippen molar-refractivity contribution in [1.29, 1.82) is 0 Å². The van der Waals surface area contributed by atoms with Crippen molar-refractivity contribution in [1.82, 2.24) is 5.16 Å². The van der Waals surface area contributed by atoms with E-state index < -0.39 is 11.7 Å². The molecule has 3 rings (SSSR count). The van der Waals surface area contributed by atoms with Crippen LogP contribution < -0.4 is 0 Å². The van der Waals surface area contributed by atoms with E-state index in [4.69, 9.17) is 4.52 Å². The van der Waals surface area contributed by atoms with E-state index in [9.17, 15) is 13.2 Å². The van der Waals surface area contributed by atoms with Crippen LogP contribution in [0.15, 0.2) is 65.2 Å². The maximum absolute atomic E-state index is 13.0. The first-order valence-corrected chi connectivity index (χ1v) is 6.24. The molecule has 0 N–H and O–H groups in total. The lowest BCUT2D eigenvalue weighted by molar-refractivity contribution is -0.137. The highest BCUT2D eigenvalue weighted by Crippen LogP contribution is 2.37. The standard InChI is InChI=1S/C16H10F3NO/c17-16(18,19)13-9-5-4-8-12(13)15-10-14(20-21-15)11-6-2-1-3-7-11/h1-10H. The number of halogens is 3. The minimum absolute atomic E-state index is 0.0142. The third-order valence-corrected chi connectivity index (χ3v) is 3.08. The molecule has 0 unspecified atom stereocenters. The summed E-state index contributed by atoms with van der Waals surface area (Å²) in [6.07, 6.45) is -4.43. The molecule has 0 radical (unpaired) electrons. The van der Waals surface area contributed by atoms with Crippen LogP contribution in [0.4, 0.5) is 13.2 Å². The van der Waals surface area contributed by atoms with Crippen LogP contribution in [0.5, 0.6) is 0 Å². The Kier molecular flexibility index (Phi) is 3.25. The molecule has 0 fully saturated rings. The predicted octanol–water partition coefficient (Wildman–Crippen LogP) is 5.03. The molecule has 2 nitrogen and oxygen atoms in total. The highest BCUT2D eigenvalue weighted by atomic mass is 19.4. The quantitative estimate of drug-likeness (QED) is 0.661. The number of alkyl halides is 3. The zero-order chi connectivity index (χ0) is 14.9. The van der Waals surface area contributed by atoms with Crippen LogP contribution in [0.25, 0.3) is 22.6 Å². The van der Waals surface area contributed by atoms with Crippen molar-refractivity contribution in [3.8, 4) is 22.6 Å². The third kappa shape index (κ3) is 2.67. The first-order chi connectivity index (χ1) is 10.1. The van der Waals surface area contributed by atoms with Gasteiger partial charge in [-0.3, -0.25) is 0 Å². The van der Waals surface area contributed by atoms with Crippen molar-refractivity contribution in [3.05, 3.63) is 66.2 Å². The van der Waals surface area contributed by atoms with E-state index in [0.29, 0.717) is 5.69 Å². The average molecular weight is 289 g/mol. The molecule has 0 atom stereocenters. The molecule has 0 saturated carbocycles. The van der Waals surface area contributed by atoms with Gasteiger partial charge in [0.1, 0.15) is 5.69 Å². The molecule has 2 aromatic carbocycles. The highest BCUT2D eigenvalue weighted by Gasteiger charge is 2.34. The van der Waals surface area contributed by atoms with Gasteiger partial charge in [0.15, 0.2) is 5.76 Å². The zero-order valence-electron chi connectivity index (χ0n) is 10.8. The fourth-order valence-corrected chi connectivity index (χ4v) is 2.09. The minimum atomic E-state index is -4.43. The van der Waals surface area contributed by atoms with Crippen LogP contribution in [-0.4, -0.2) is 5.16 Å². The lowest BCUT2D eigenvalue weighted by Crippen LogP contribution is -2.06. The molecule has 3 aromatic rings. The van der Waals surface area contributed by atoms with Crippen molar-refractivity contribution in [2.45, 2.75) is 6.18 Å². The van der Waals surface area contributed by atoms with Crippen LogP contribution in [-0.2, 0) is 6.18 Å². The molecule has 0 spiro atoms. The molecular formula is C16H10F3NO. The molecule has 0 aliphatic rings. The summed E-state index contributed by atoms with van der Waals surface area (Å²) in [5, 5.41) is 3.84. The summed E-state index contributed by atoms with van der Waals surface area (Å²) in [5.74, 6) is 0.0989. The van der Waals surface area contributed by atoms with Gasteiger partial charge >= 0.3 is 6.18 Å². The monoisotopic (exact) mass is 289 g/mol. The number of benzene rings is 2. The number of hydrogen-bond acceptors (Lipinski definition) is 2. The van der Waals surface area contributed by atoms with E-state index in [2.05, 4.69) is 5.16 Å². The van der Waals surface area contributed by atoms with Gasteiger partial charge in [-0.05, 0) is 6.07 Å². The van der Waals surface area contributed by atoms with Gasteiger partial charge in [-0.15, -0.1) is 0 Å². The molecule has 1 heterocycles. The summed E-state index contributed by atoms with van der Waals surface area (Å²) >= 11 is 0.